The van der Waals surface area contributed by atoms with Crippen LogP contribution in [0.2, 0.25) is 0 Å². The van der Waals surface area contributed by atoms with Crippen LogP contribution in [0.5, 0.6) is 0 Å². The molecule has 0 saturated heterocycles. The molecule has 0 unspecified atom stereocenters. The van der Waals surface area contributed by atoms with E-state index in [1.165, 1.54) is 0 Å². The van der Waals surface area contributed by atoms with Crippen LogP contribution in [0.25, 0.3) is 0 Å². The maximum absolute atomic E-state index is 11.7. The molecular weight excluding hydrogens is 266 g/mol. The lowest BCUT2D eigenvalue weighted by Crippen LogP contribution is -2.21. The summed E-state index contributed by atoms with van der Waals surface area (Å²) >= 11 is 0. The Morgan fingerprint density at radius 1 is 1.00 bits per heavy atom. The predicted molar refractivity (Wildman–Crippen MR) is 80.9 cm³/mol. The molecule has 1 amide bonds. The fourth-order valence-electron chi connectivity index (χ4n) is 1.79. The van der Waals surface area contributed by atoms with E-state index in [-0.39, 0.29) is 18.9 Å². The number of hydrogen-bond acceptors (Lipinski definition) is 3. The number of para-hydroxylation sites is 1. The van der Waals surface area contributed by atoms with Gasteiger partial charge in [0.15, 0.2) is 6.61 Å². The molecule has 0 heterocycles. The van der Waals surface area contributed by atoms with Crippen LogP contribution in [0, 0.1) is 6.92 Å². The second kappa shape index (κ2) is 7.24. The van der Waals surface area contributed by atoms with Crippen LogP contribution in [-0.2, 0) is 20.7 Å². The quantitative estimate of drug-likeness (QED) is 0.858. The zero-order valence-electron chi connectivity index (χ0n) is 11.8. The maximum atomic E-state index is 11.7. The Morgan fingerprint density at radius 3 is 2.33 bits per heavy atom. The fraction of sp³-hybridized carbons (Fsp3) is 0.176. The molecule has 0 spiro atoms. The van der Waals surface area contributed by atoms with Gasteiger partial charge in [-0.05, 0) is 24.6 Å². The van der Waals surface area contributed by atoms with Crippen molar-refractivity contribution in [2.45, 2.75) is 13.3 Å². The van der Waals surface area contributed by atoms with E-state index < -0.39 is 5.97 Å². The summed E-state index contributed by atoms with van der Waals surface area (Å²) < 4.78 is 4.96. The summed E-state index contributed by atoms with van der Waals surface area (Å²) in [4.78, 5) is 23.3. The van der Waals surface area contributed by atoms with Crippen LogP contribution in [0.1, 0.15) is 11.1 Å². The predicted octanol–water partition coefficient (Wildman–Crippen LogP) is 2.72. The van der Waals surface area contributed by atoms with Gasteiger partial charge < -0.3 is 10.1 Å². The number of aryl methyl sites for hydroxylation is 1. The van der Waals surface area contributed by atoms with Gasteiger partial charge in [-0.1, -0.05) is 48.0 Å². The topological polar surface area (TPSA) is 55.4 Å². The minimum absolute atomic E-state index is 0.166. The lowest BCUT2D eigenvalue weighted by atomic mass is 10.1. The van der Waals surface area contributed by atoms with E-state index in [2.05, 4.69) is 5.32 Å². The Kier molecular flexibility index (Phi) is 5.10. The van der Waals surface area contributed by atoms with E-state index in [0.29, 0.717) is 5.69 Å². The van der Waals surface area contributed by atoms with Crippen LogP contribution in [0.15, 0.2) is 54.6 Å². The first-order chi connectivity index (χ1) is 10.1. The minimum Gasteiger partial charge on any atom is -0.455 e. The molecule has 2 rings (SSSR count). The van der Waals surface area contributed by atoms with Crippen LogP contribution in [0.4, 0.5) is 5.69 Å². The van der Waals surface area contributed by atoms with E-state index in [0.717, 1.165) is 11.1 Å². The highest BCUT2D eigenvalue weighted by molar-refractivity contribution is 5.92. The van der Waals surface area contributed by atoms with E-state index >= 15 is 0 Å². The highest BCUT2D eigenvalue weighted by atomic mass is 16.5. The largest absolute Gasteiger partial charge is 0.455 e. The molecule has 0 saturated carbocycles. The van der Waals surface area contributed by atoms with Gasteiger partial charge in [0.25, 0.3) is 5.91 Å². The average molecular weight is 283 g/mol. The molecule has 0 fully saturated rings. The van der Waals surface area contributed by atoms with Crippen molar-refractivity contribution in [3.05, 3.63) is 65.7 Å². The van der Waals surface area contributed by atoms with E-state index in [1.807, 2.05) is 49.4 Å². The monoisotopic (exact) mass is 283 g/mol. The summed E-state index contributed by atoms with van der Waals surface area (Å²) in [5.41, 5.74) is 2.68. The molecule has 0 aliphatic heterocycles. The van der Waals surface area contributed by atoms with Crippen LogP contribution >= 0.6 is 0 Å². The Bertz CT molecular complexity index is 606. The summed E-state index contributed by atoms with van der Waals surface area (Å²) in [6.07, 6.45) is 0.166. The van der Waals surface area contributed by atoms with Crippen molar-refractivity contribution >= 4 is 17.6 Å². The number of carbonyl (C=O) groups excluding carboxylic acids is 2. The van der Waals surface area contributed by atoms with Gasteiger partial charge in [0.05, 0.1) is 6.42 Å². The molecule has 21 heavy (non-hydrogen) atoms. The first kappa shape index (κ1) is 14.8. The fourth-order valence-corrected chi connectivity index (χ4v) is 1.79. The second-order valence-corrected chi connectivity index (χ2v) is 4.74. The van der Waals surface area contributed by atoms with Gasteiger partial charge in [-0.2, -0.15) is 0 Å². The van der Waals surface area contributed by atoms with Gasteiger partial charge in [0.1, 0.15) is 0 Å². The summed E-state index contributed by atoms with van der Waals surface area (Å²) in [5, 5.41) is 2.65. The summed E-state index contributed by atoms with van der Waals surface area (Å²) in [5.74, 6) is -0.763. The van der Waals surface area contributed by atoms with Crippen molar-refractivity contribution in [1.29, 1.82) is 0 Å². The van der Waals surface area contributed by atoms with E-state index in [9.17, 15) is 9.59 Å². The second-order valence-electron chi connectivity index (χ2n) is 4.74. The van der Waals surface area contributed by atoms with Gasteiger partial charge >= 0.3 is 5.97 Å². The number of ether oxygens (including phenoxy) is 1. The lowest BCUT2D eigenvalue weighted by molar-refractivity contribution is -0.146. The van der Waals surface area contributed by atoms with Crippen molar-refractivity contribution in [1.82, 2.24) is 0 Å². The number of amides is 1. The summed E-state index contributed by atoms with van der Waals surface area (Å²) in [7, 11) is 0. The number of rotatable bonds is 5. The van der Waals surface area contributed by atoms with Gasteiger partial charge in [-0.3, -0.25) is 9.59 Å². The molecule has 0 aliphatic carbocycles. The Hall–Kier alpha value is -2.62. The molecule has 1 N–H and O–H groups in total. The summed E-state index contributed by atoms with van der Waals surface area (Å²) in [6, 6.07) is 16.7. The third kappa shape index (κ3) is 5.10. The summed E-state index contributed by atoms with van der Waals surface area (Å²) in [6.45, 7) is 1.70. The molecule has 2 aromatic carbocycles. The van der Waals surface area contributed by atoms with Gasteiger partial charge in [-0.15, -0.1) is 0 Å². The van der Waals surface area contributed by atoms with E-state index in [1.54, 1.807) is 12.1 Å². The molecule has 108 valence electrons. The van der Waals surface area contributed by atoms with Crippen LogP contribution in [-0.4, -0.2) is 18.5 Å². The highest BCUT2D eigenvalue weighted by Crippen LogP contribution is 2.06. The van der Waals surface area contributed by atoms with Crippen LogP contribution in [0.3, 0.4) is 0 Å². The molecule has 4 nitrogen and oxygen atoms in total. The van der Waals surface area contributed by atoms with Crippen LogP contribution < -0.4 is 5.32 Å². The van der Waals surface area contributed by atoms with Gasteiger partial charge in [0.2, 0.25) is 0 Å². The number of hydrogen-bond donors (Lipinski definition) is 1. The Balaban J connectivity index is 1.76. The third-order valence-corrected chi connectivity index (χ3v) is 2.89. The minimum atomic E-state index is -0.415. The van der Waals surface area contributed by atoms with Gasteiger partial charge in [0, 0.05) is 5.69 Å². The Morgan fingerprint density at radius 2 is 1.67 bits per heavy atom. The molecule has 0 radical (unpaired) electrons. The third-order valence-electron chi connectivity index (χ3n) is 2.89. The smallest absolute Gasteiger partial charge is 0.310 e. The molecular formula is C17H17NO3. The lowest BCUT2D eigenvalue weighted by Gasteiger charge is -2.06. The molecule has 0 aliphatic rings. The Labute approximate surface area is 123 Å². The molecule has 0 atom stereocenters. The number of nitrogens with one attached hydrogen (secondary N) is 1. The maximum Gasteiger partial charge on any atom is 0.310 e. The zero-order chi connectivity index (χ0) is 15.1. The standard InChI is InChI=1S/C17H17NO3/c1-13-7-9-14(10-8-13)11-17(20)21-12-16(19)18-15-5-3-2-4-6-15/h2-10H,11-12H2,1H3,(H,18,19). The SMILES string of the molecule is Cc1ccc(CC(=O)OCC(=O)Nc2ccccc2)cc1. The highest BCUT2D eigenvalue weighted by Gasteiger charge is 2.08. The normalized spacial score (nSPS) is 9.95. The van der Waals surface area contributed by atoms with E-state index in [4.69, 9.17) is 4.74 Å². The molecule has 2 aromatic rings. The van der Waals surface area contributed by atoms with Crippen molar-refractivity contribution in [2.24, 2.45) is 0 Å². The molecule has 0 bridgehead atoms. The zero-order valence-corrected chi connectivity index (χ0v) is 11.8. The van der Waals surface area contributed by atoms with Crippen molar-refractivity contribution < 1.29 is 14.3 Å². The van der Waals surface area contributed by atoms with Crippen molar-refractivity contribution in [3.63, 3.8) is 0 Å². The first-order valence-electron chi connectivity index (χ1n) is 6.69. The van der Waals surface area contributed by atoms with Gasteiger partial charge in [-0.25, -0.2) is 0 Å². The number of benzene rings is 2. The molecule has 0 aromatic heterocycles. The first-order valence-corrected chi connectivity index (χ1v) is 6.69. The van der Waals surface area contributed by atoms with Crippen molar-refractivity contribution in [2.75, 3.05) is 11.9 Å². The van der Waals surface area contributed by atoms with Crippen molar-refractivity contribution in [3.8, 4) is 0 Å². The molecule has 4 heteroatoms. The number of anilines is 1. The number of carbonyl (C=O) groups is 2. The average Bonchev–Trinajstić information content (AvgIpc) is 2.49. The number of esters is 1.